The molecule has 0 atom stereocenters. The van der Waals surface area contributed by atoms with Gasteiger partial charge in [-0.1, -0.05) is 25.5 Å². The Hall–Kier alpha value is -1.02. The molecule has 116 valence electrons. The van der Waals surface area contributed by atoms with Gasteiger partial charge in [0.25, 0.3) is 0 Å². The minimum absolute atomic E-state index is 0.742. The van der Waals surface area contributed by atoms with E-state index in [0.29, 0.717) is 0 Å². The predicted molar refractivity (Wildman–Crippen MR) is 90.9 cm³/mol. The van der Waals surface area contributed by atoms with Gasteiger partial charge in [0.1, 0.15) is 0 Å². The van der Waals surface area contributed by atoms with E-state index < -0.39 is 0 Å². The Morgan fingerprint density at radius 3 is 2.76 bits per heavy atom. The van der Waals surface area contributed by atoms with E-state index in [1.54, 1.807) is 0 Å². The third kappa shape index (κ3) is 3.60. The topological polar surface area (TPSA) is 15.3 Å². The summed E-state index contributed by atoms with van der Waals surface area (Å²) >= 11 is 0. The number of fused-ring (bicyclic) bond motifs is 1. The molecule has 3 rings (SSSR count). The van der Waals surface area contributed by atoms with Crippen LogP contribution in [0.4, 0.5) is 5.69 Å². The van der Waals surface area contributed by atoms with Gasteiger partial charge in [0, 0.05) is 31.9 Å². The minimum atomic E-state index is 0.742. The van der Waals surface area contributed by atoms with E-state index in [-0.39, 0.29) is 0 Å². The van der Waals surface area contributed by atoms with Gasteiger partial charge in [0.05, 0.1) is 0 Å². The van der Waals surface area contributed by atoms with Crippen molar-refractivity contribution in [3.63, 3.8) is 0 Å². The molecule has 1 aromatic rings. The summed E-state index contributed by atoms with van der Waals surface area (Å²) < 4.78 is 0. The van der Waals surface area contributed by atoms with E-state index >= 15 is 0 Å². The Labute approximate surface area is 129 Å². The quantitative estimate of drug-likeness (QED) is 0.895. The highest BCUT2D eigenvalue weighted by Crippen LogP contribution is 2.28. The standard InChI is InChI=1S/C19H30N2/c1-3-15-6-9-18(10-7-15)20-14-16-8-11-19-17(13-16)5-4-12-21(19)2/h8,11,13,15,18,20H,3-7,9-10,12,14H2,1-2H3. The van der Waals surface area contributed by atoms with Crippen molar-refractivity contribution in [3.05, 3.63) is 29.3 Å². The lowest BCUT2D eigenvalue weighted by Crippen LogP contribution is -2.32. The van der Waals surface area contributed by atoms with Crippen LogP contribution in [0.2, 0.25) is 0 Å². The fraction of sp³-hybridized carbons (Fsp3) is 0.684. The molecule has 1 saturated carbocycles. The molecule has 1 heterocycles. The third-order valence-electron chi connectivity index (χ3n) is 5.51. The molecule has 1 N–H and O–H groups in total. The molecule has 2 aliphatic rings. The summed E-state index contributed by atoms with van der Waals surface area (Å²) in [5, 5.41) is 3.79. The molecular formula is C19H30N2. The van der Waals surface area contributed by atoms with Crippen molar-refractivity contribution in [2.75, 3.05) is 18.5 Å². The number of hydrogen-bond acceptors (Lipinski definition) is 2. The molecular weight excluding hydrogens is 256 g/mol. The summed E-state index contributed by atoms with van der Waals surface area (Å²) in [6, 6.07) is 7.80. The van der Waals surface area contributed by atoms with Crippen LogP contribution in [-0.4, -0.2) is 19.6 Å². The van der Waals surface area contributed by atoms with Crippen molar-refractivity contribution in [2.45, 2.75) is 64.5 Å². The lowest BCUT2D eigenvalue weighted by molar-refractivity contribution is 0.285. The SMILES string of the molecule is CCC1CCC(NCc2ccc3c(c2)CCCN3C)CC1. The highest BCUT2D eigenvalue weighted by Gasteiger charge is 2.19. The van der Waals surface area contributed by atoms with Gasteiger partial charge >= 0.3 is 0 Å². The van der Waals surface area contributed by atoms with Crippen molar-refractivity contribution in [2.24, 2.45) is 5.92 Å². The van der Waals surface area contributed by atoms with Crippen LogP contribution in [0.3, 0.4) is 0 Å². The number of aryl methyl sites for hydroxylation is 1. The highest BCUT2D eigenvalue weighted by molar-refractivity contribution is 5.56. The van der Waals surface area contributed by atoms with E-state index in [2.05, 4.69) is 42.4 Å². The molecule has 0 saturated heterocycles. The third-order valence-corrected chi connectivity index (χ3v) is 5.51. The second-order valence-electron chi connectivity index (χ2n) is 6.99. The lowest BCUT2D eigenvalue weighted by atomic mass is 9.84. The Kier molecular flexibility index (Phi) is 4.84. The molecule has 0 bridgehead atoms. The molecule has 1 aromatic carbocycles. The van der Waals surface area contributed by atoms with Crippen molar-refractivity contribution < 1.29 is 0 Å². The molecule has 2 nitrogen and oxygen atoms in total. The zero-order valence-corrected chi connectivity index (χ0v) is 13.7. The monoisotopic (exact) mass is 286 g/mol. The van der Waals surface area contributed by atoms with Crippen LogP contribution in [0.15, 0.2) is 18.2 Å². The van der Waals surface area contributed by atoms with Gasteiger partial charge in [0.15, 0.2) is 0 Å². The molecule has 0 spiro atoms. The molecule has 0 unspecified atom stereocenters. The smallest absolute Gasteiger partial charge is 0.0396 e. The minimum Gasteiger partial charge on any atom is -0.374 e. The van der Waals surface area contributed by atoms with Crippen molar-refractivity contribution >= 4 is 5.69 Å². The Morgan fingerprint density at radius 1 is 1.19 bits per heavy atom. The summed E-state index contributed by atoms with van der Waals surface area (Å²) in [6.07, 6.45) is 9.48. The molecule has 0 aromatic heterocycles. The number of hydrogen-bond donors (Lipinski definition) is 1. The fourth-order valence-electron chi connectivity index (χ4n) is 3.99. The number of nitrogens with one attached hydrogen (secondary N) is 1. The van der Waals surface area contributed by atoms with Crippen LogP contribution >= 0.6 is 0 Å². The molecule has 0 amide bonds. The van der Waals surface area contributed by atoms with Gasteiger partial charge in [0.2, 0.25) is 0 Å². The van der Waals surface area contributed by atoms with Crippen molar-refractivity contribution in [1.82, 2.24) is 5.32 Å². The maximum Gasteiger partial charge on any atom is 0.0396 e. The van der Waals surface area contributed by atoms with Crippen LogP contribution in [-0.2, 0) is 13.0 Å². The van der Waals surface area contributed by atoms with Crippen LogP contribution in [0.25, 0.3) is 0 Å². The molecule has 0 radical (unpaired) electrons. The Bertz CT molecular complexity index is 461. The summed E-state index contributed by atoms with van der Waals surface area (Å²) in [5.41, 5.74) is 4.44. The van der Waals surface area contributed by atoms with Gasteiger partial charge in [-0.05, 0) is 61.6 Å². The average molecular weight is 286 g/mol. The Balaban J connectivity index is 1.54. The second kappa shape index (κ2) is 6.83. The van der Waals surface area contributed by atoms with Crippen molar-refractivity contribution in [1.29, 1.82) is 0 Å². The maximum atomic E-state index is 3.79. The average Bonchev–Trinajstić information content (AvgIpc) is 2.53. The normalized spacial score (nSPS) is 25.7. The van der Waals surface area contributed by atoms with Crippen LogP contribution < -0.4 is 10.2 Å². The molecule has 21 heavy (non-hydrogen) atoms. The zero-order valence-electron chi connectivity index (χ0n) is 13.7. The van der Waals surface area contributed by atoms with Gasteiger partial charge in [-0.3, -0.25) is 0 Å². The lowest BCUT2D eigenvalue weighted by Gasteiger charge is -2.29. The van der Waals surface area contributed by atoms with E-state index in [0.717, 1.165) is 18.5 Å². The Morgan fingerprint density at radius 2 is 2.00 bits per heavy atom. The number of nitrogens with zero attached hydrogens (tertiary/aromatic N) is 1. The largest absolute Gasteiger partial charge is 0.374 e. The summed E-state index contributed by atoms with van der Waals surface area (Å²) in [6.45, 7) is 4.58. The number of benzene rings is 1. The summed E-state index contributed by atoms with van der Waals surface area (Å²) in [7, 11) is 2.21. The van der Waals surface area contributed by atoms with Crippen LogP contribution in [0, 0.1) is 5.92 Å². The van der Waals surface area contributed by atoms with Gasteiger partial charge in [-0.25, -0.2) is 0 Å². The summed E-state index contributed by atoms with van der Waals surface area (Å²) in [4.78, 5) is 2.39. The van der Waals surface area contributed by atoms with E-state index in [1.807, 2.05) is 0 Å². The fourth-order valence-corrected chi connectivity index (χ4v) is 3.99. The van der Waals surface area contributed by atoms with E-state index in [4.69, 9.17) is 0 Å². The zero-order chi connectivity index (χ0) is 14.7. The second-order valence-corrected chi connectivity index (χ2v) is 6.99. The van der Waals surface area contributed by atoms with Crippen LogP contribution in [0.5, 0.6) is 0 Å². The molecule has 1 aliphatic carbocycles. The highest BCUT2D eigenvalue weighted by atomic mass is 15.1. The van der Waals surface area contributed by atoms with Gasteiger partial charge in [-0.2, -0.15) is 0 Å². The molecule has 1 fully saturated rings. The number of rotatable bonds is 4. The van der Waals surface area contributed by atoms with Crippen LogP contribution in [0.1, 0.15) is 56.6 Å². The first-order valence-corrected chi connectivity index (χ1v) is 8.82. The molecule has 2 heteroatoms. The van der Waals surface area contributed by atoms with E-state index in [9.17, 15) is 0 Å². The first-order chi connectivity index (χ1) is 10.3. The van der Waals surface area contributed by atoms with Gasteiger partial charge in [-0.15, -0.1) is 0 Å². The maximum absolute atomic E-state index is 3.79. The molecule has 1 aliphatic heterocycles. The van der Waals surface area contributed by atoms with E-state index in [1.165, 1.54) is 68.3 Å². The predicted octanol–water partition coefficient (Wildman–Crippen LogP) is 4.13. The first kappa shape index (κ1) is 14.9. The van der Waals surface area contributed by atoms with Gasteiger partial charge < -0.3 is 10.2 Å². The number of anilines is 1. The summed E-state index contributed by atoms with van der Waals surface area (Å²) in [5.74, 6) is 0.988. The first-order valence-electron chi connectivity index (χ1n) is 8.82. The van der Waals surface area contributed by atoms with Crippen molar-refractivity contribution in [3.8, 4) is 0 Å².